The third-order valence-electron chi connectivity index (χ3n) is 4.73. The molecule has 4 nitrogen and oxygen atoms in total. The Bertz CT molecular complexity index is 749. The summed E-state index contributed by atoms with van der Waals surface area (Å²) in [5.74, 6) is 0.403. The lowest BCUT2D eigenvalue weighted by Gasteiger charge is -2.35. The maximum Gasteiger partial charge on any atom is 0.289 e. The molecule has 22 heavy (non-hydrogen) atoms. The molecule has 1 aromatic carbocycles. The summed E-state index contributed by atoms with van der Waals surface area (Å²) >= 11 is 0. The molecule has 0 spiro atoms. The molecule has 2 unspecified atom stereocenters. The molecule has 116 valence electrons. The molecule has 2 aromatic rings. The van der Waals surface area contributed by atoms with E-state index in [-0.39, 0.29) is 23.1 Å². The summed E-state index contributed by atoms with van der Waals surface area (Å²) in [6.07, 6.45) is 4.53. The predicted molar refractivity (Wildman–Crippen MR) is 86.0 cm³/mol. The van der Waals surface area contributed by atoms with Crippen molar-refractivity contribution >= 4 is 16.9 Å². The molecule has 1 amide bonds. The minimum atomic E-state index is -0.207. The first-order valence-electron chi connectivity index (χ1n) is 7.88. The van der Waals surface area contributed by atoms with Gasteiger partial charge >= 0.3 is 0 Å². The van der Waals surface area contributed by atoms with Crippen molar-refractivity contribution in [3.8, 4) is 0 Å². The fraction of sp³-hybridized carbons (Fsp3) is 0.444. The zero-order chi connectivity index (χ0) is 15.7. The van der Waals surface area contributed by atoms with Crippen molar-refractivity contribution < 1.29 is 9.21 Å². The largest absolute Gasteiger partial charge is 0.451 e. The minimum absolute atomic E-state index is 0.129. The van der Waals surface area contributed by atoms with Gasteiger partial charge in [0.25, 0.3) is 5.91 Å². The van der Waals surface area contributed by atoms with Gasteiger partial charge in [0.05, 0.1) is 5.39 Å². The zero-order valence-electron chi connectivity index (χ0n) is 13.0. The summed E-state index contributed by atoms with van der Waals surface area (Å²) in [4.78, 5) is 26.6. The Morgan fingerprint density at radius 2 is 1.95 bits per heavy atom. The number of nitrogens with zero attached hydrogens (tertiary/aromatic N) is 1. The number of para-hydroxylation sites is 1. The molecule has 0 aliphatic heterocycles. The number of hydrogen-bond acceptors (Lipinski definition) is 3. The normalized spacial score (nSPS) is 21.7. The van der Waals surface area contributed by atoms with Gasteiger partial charge in [-0.3, -0.25) is 9.59 Å². The summed E-state index contributed by atoms with van der Waals surface area (Å²) in [6.45, 7) is 2.18. The quantitative estimate of drug-likeness (QED) is 0.853. The van der Waals surface area contributed by atoms with Gasteiger partial charge in [-0.2, -0.15) is 0 Å². The average Bonchev–Trinajstić information content (AvgIpc) is 2.54. The lowest BCUT2D eigenvalue weighted by Crippen LogP contribution is -2.42. The molecule has 1 heterocycles. The van der Waals surface area contributed by atoms with Crippen molar-refractivity contribution in [1.29, 1.82) is 0 Å². The monoisotopic (exact) mass is 299 g/mol. The van der Waals surface area contributed by atoms with Crippen molar-refractivity contribution in [3.05, 3.63) is 46.3 Å². The van der Waals surface area contributed by atoms with Gasteiger partial charge in [0.1, 0.15) is 5.58 Å². The van der Waals surface area contributed by atoms with Crippen molar-refractivity contribution in [2.24, 2.45) is 5.92 Å². The van der Waals surface area contributed by atoms with Crippen molar-refractivity contribution in [2.75, 3.05) is 7.05 Å². The Balaban J connectivity index is 1.93. The highest BCUT2D eigenvalue weighted by Gasteiger charge is 2.29. The Kier molecular flexibility index (Phi) is 4.01. The Labute approximate surface area is 129 Å². The molecule has 1 fully saturated rings. The summed E-state index contributed by atoms with van der Waals surface area (Å²) in [6, 6.07) is 8.55. The average molecular weight is 299 g/mol. The number of hydrogen-bond donors (Lipinski definition) is 0. The first-order valence-corrected chi connectivity index (χ1v) is 7.88. The number of fused-ring (bicyclic) bond motifs is 1. The van der Waals surface area contributed by atoms with Gasteiger partial charge in [0.15, 0.2) is 11.2 Å². The number of rotatable bonds is 2. The molecule has 1 aromatic heterocycles. The van der Waals surface area contributed by atoms with Gasteiger partial charge in [-0.1, -0.05) is 31.9 Å². The van der Waals surface area contributed by atoms with Crippen LogP contribution in [0.2, 0.25) is 0 Å². The highest BCUT2D eigenvalue weighted by molar-refractivity contribution is 5.93. The van der Waals surface area contributed by atoms with E-state index in [4.69, 9.17) is 4.42 Å². The molecular weight excluding hydrogens is 278 g/mol. The maximum atomic E-state index is 12.7. The zero-order valence-corrected chi connectivity index (χ0v) is 13.0. The van der Waals surface area contributed by atoms with Gasteiger partial charge in [0.2, 0.25) is 0 Å². The van der Waals surface area contributed by atoms with E-state index in [1.807, 2.05) is 7.05 Å². The molecule has 0 N–H and O–H groups in total. The standard InChI is InChI=1S/C18H21NO3/c1-12-7-3-5-9-14(12)19(2)18(21)17-11-15(20)13-8-4-6-10-16(13)22-17/h4,6,8,10-12,14H,3,5,7,9H2,1-2H3. The fourth-order valence-electron chi connectivity index (χ4n) is 3.41. The van der Waals surface area contributed by atoms with E-state index in [2.05, 4.69) is 6.92 Å². The topological polar surface area (TPSA) is 50.5 Å². The molecule has 4 heteroatoms. The highest BCUT2D eigenvalue weighted by Crippen LogP contribution is 2.28. The third-order valence-corrected chi connectivity index (χ3v) is 4.73. The summed E-state index contributed by atoms with van der Waals surface area (Å²) in [5.41, 5.74) is 0.290. The number of amides is 1. The van der Waals surface area contributed by atoms with Gasteiger partial charge in [-0.15, -0.1) is 0 Å². The molecular formula is C18H21NO3. The second-order valence-corrected chi connectivity index (χ2v) is 6.22. The molecule has 2 atom stereocenters. The Morgan fingerprint density at radius 3 is 2.73 bits per heavy atom. The summed E-state index contributed by atoms with van der Waals surface area (Å²) in [5, 5.41) is 0.507. The van der Waals surface area contributed by atoms with Crippen LogP contribution in [0, 0.1) is 5.92 Å². The molecule has 1 aliphatic carbocycles. The first-order chi connectivity index (χ1) is 10.6. The molecule has 3 rings (SSSR count). The molecule has 1 aliphatic rings. The van der Waals surface area contributed by atoms with Crippen LogP contribution in [0.15, 0.2) is 39.5 Å². The fourth-order valence-corrected chi connectivity index (χ4v) is 3.41. The smallest absolute Gasteiger partial charge is 0.289 e. The molecule has 0 bridgehead atoms. The van der Waals surface area contributed by atoms with Crippen LogP contribution in [0.25, 0.3) is 11.0 Å². The van der Waals surface area contributed by atoms with Crippen LogP contribution in [-0.4, -0.2) is 23.9 Å². The van der Waals surface area contributed by atoms with Gasteiger partial charge in [0, 0.05) is 19.2 Å². The van der Waals surface area contributed by atoms with Crippen LogP contribution >= 0.6 is 0 Å². The van der Waals surface area contributed by atoms with E-state index in [0.29, 0.717) is 16.9 Å². The number of carbonyl (C=O) groups excluding carboxylic acids is 1. The number of carbonyl (C=O) groups is 1. The molecule has 1 saturated carbocycles. The van der Waals surface area contributed by atoms with E-state index >= 15 is 0 Å². The van der Waals surface area contributed by atoms with E-state index in [1.165, 1.54) is 12.5 Å². The van der Waals surface area contributed by atoms with Crippen molar-refractivity contribution in [2.45, 2.75) is 38.6 Å². The minimum Gasteiger partial charge on any atom is -0.451 e. The van der Waals surface area contributed by atoms with Gasteiger partial charge in [-0.25, -0.2) is 0 Å². The number of benzene rings is 1. The van der Waals surface area contributed by atoms with Crippen molar-refractivity contribution in [3.63, 3.8) is 0 Å². The van der Waals surface area contributed by atoms with E-state index in [0.717, 1.165) is 19.3 Å². The first kappa shape index (κ1) is 14.8. The SMILES string of the molecule is CC1CCCCC1N(C)C(=O)c1cc(=O)c2ccccc2o1. The Hall–Kier alpha value is -2.10. The summed E-state index contributed by atoms with van der Waals surface area (Å²) < 4.78 is 5.66. The third kappa shape index (κ3) is 2.65. The molecule has 0 radical (unpaired) electrons. The second-order valence-electron chi connectivity index (χ2n) is 6.22. The van der Waals surface area contributed by atoms with Gasteiger partial charge < -0.3 is 9.32 Å². The van der Waals surface area contributed by atoms with Crippen LogP contribution in [0.5, 0.6) is 0 Å². The van der Waals surface area contributed by atoms with Gasteiger partial charge in [-0.05, 0) is 30.9 Å². The lowest BCUT2D eigenvalue weighted by molar-refractivity contribution is 0.0598. The van der Waals surface area contributed by atoms with Crippen LogP contribution in [0.1, 0.15) is 43.2 Å². The van der Waals surface area contributed by atoms with Crippen LogP contribution < -0.4 is 5.43 Å². The lowest BCUT2D eigenvalue weighted by atomic mass is 9.85. The Morgan fingerprint density at radius 1 is 1.23 bits per heavy atom. The van der Waals surface area contributed by atoms with E-state index in [9.17, 15) is 9.59 Å². The highest BCUT2D eigenvalue weighted by atomic mass is 16.3. The van der Waals surface area contributed by atoms with Crippen LogP contribution in [-0.2, 0) is 0 Å². The van der Waals surface area contributed by atoms with E-state index in [1.54, 1.807) is 29.2 Å². The summed E-state index contributed by atoms with van der Waals surface area (Å²) in [7, 11) is 1.81. The second kappa shape index (κ2) is 5.95. The van der Waals surface area contributed by atoms with E-state index < -0.39 is 0 Å². The maximum absolute atomic E-state index is 12.7. The van der Waals surface area contributed by atoms with Crippen molar-refractivity contribution in [1.82, 2.24) is 4.90 Å². The molecule has 0 saturated heterocycles. The van der Waals surface area contributed by atoms with Crippen LogP contribution in [0.4, 0.5) is 0 Å². The van der Waals surface area contributed by atoms with Crippen LogP contribution in [0.3, 0.4) is 0 Å². The predicted octanol–water partition coefficient (Wildman–Crippen LogP) is 3.44.